The molecular weight excluding hydrogens is 324 g/mol. The number of aromatic nitrogens is 3. The minimum Gasteiger partial charge on any atom is -0.507 e. The van der Waals surface area contributed by atoms with Crippen molar-refractivity contribution in [1.82, 2.24) is 20.5 Å². The Hall–Kier alpha value is -3.18. The van der Waals surface area contributed by atoms with E-state index in [9.17, 15) is 5.11 Å². The second kappa shape index (κ2) is 5.97. The molecule has 3 N–H and O–H groups in total. The highest BCUT2D eigenvalue weighted by atomic mass is 16.3. The van der Waals surface area contributed by atoms with E-state index in [1.165, 1.54) is 11.1 Å². The summed E-state index contributed by atoms with van der Waals surface area (Å²) in [7, 11) is 0. The molecule has 5 rings (SSSR count). The van der Waals surface area contributed by atoms with E-state index in [4.69, 9.17) is 0 Å². The number of fused-ring (bicyclic) bond motifs is 3. The molecule has 0 radical (unpaired) electrons. The summed E-state index contributed by atoms with van der Waals surface area (Å²) in [6, 6.07) is 15.7. The average Bonchev–Trinajstić information content (AvgIpc) is 3.06. The van der Waals surface area contributed by atoms with E-state index in [0.717, 1.165) is 41.4 Å². The van der Waals surface area contributed by atoms with Crippen molar-refractivity contribution in [2.24, 2.45) is 0 Å². The Bertz CT molecular complexity index is 1160. The second-order valence-electron chi connectivity index (χ2n) is 6.58. The lowest BCUT2D eigenvalue weighted by Crippen LogP contribution is -2.19. The first-order chi connectivity index (χ1) is 12.8. The van der Waals surface area contributed by atoms with Crippen molar-refractivity contribution in [3.8, 4) is 17.0 Å². The monoisotopic (exact) mass is 342 g/mol. The summed E-state index contributed by atoms with van der Waals surface area (Å²) in [5.41, 5.74) is 5.79. The number of hydrogen-bond donors (Lipinski definition) is 3. The maximum atomic E-state index is 10.1. The summed E-state index contributed by atoms with van der Waals surface area (Å²) in [4.78, 5) is 3.33. The van der Waals surface area contributed by atoms with Crippen LogP contribution in [0.5, 0.6) is 5.75 Å². The first-order valence-electron chi connectivity index (χ1n) is 8.77. The van der Waals surface area contributed by atoms with Crippen LogP contribution < -0.4 is 5.32 Å². The molecule has 0 atom stereocenters. The van der Waals surface area contributed by atoms with Crippen molar-refractivity contribution < 1.29 is 5.11 Å². The van der Waals surface area contributed by atoms with Gasteiger partial charge in [-0.25, -0.2) is 0 Å². The number of H-pyrrole nitrogens is 1. The van der Waals surface area contributed by atoms with Gasteiger partial charge in [-0.3, -0.25) is 0 Å². The summed E-state index contributed by atoms with van der Waals surface area (Å²) >= 11 is 0. The van der Waals surface area contributed by atoms with E-state index >= 15 is 0 Å². The summed E-state index contributed by atoms with van der Waals surface area (Å²) in [6.45, 7) is 1.94. The minimum absolute atomic E-state index is 0.210. The lowest BCUT2D eigenvalue weighted by molar-refractivity contribution is 0.477. The number of nitrogens with zero attached hydrogens (tertiary/aromatic N) is 2. The van der Waals surface area contributed by atoms with Crippen LogP contribution in [0, 0.1) is 0 Å². The largest absolute Gasteiger partial charge is 0.507 e. The molecular formula is C21H18N4O. The first kappa shape index (κ1) is 15.1. The topological polar surface area (TPSA) is 73.8 Å². The number of para-hydroxylation sites is 1. The molecule has 1 aliphatic heterocycles. The van der Waals surface area contributed by atoms with Crippen molar-refractivity contribution in [1.29, 1.82) is 0 Å². The zero-order valence-electron chi connectivity index (χ0n) is 14.2. The Morgan fingerprint density at radius 1 is 0.962 bits per heavy atom. The van der Waals surface area contributed by atoms with Crippen LogP contribution in [-0.2, 0) is 0 Å². The maximum Gasteiger partial charge on any atom is 0.161 e. The van der Waals surface area contributed by atoms with Gasteiger partial charge >= 0.3 is 0 Å². The molecule has 0 amide bonds. The van der Waals surface area contributed by atoms with E-state index in [-0.39, 0.29) is 5.75 Å². The molecule has 0 fully saturated rings. The van der Waals surface area contributed by atoms with Crippen LogP contribution in [0.1, 0.15) is 12.0 Å². The minimum atomic E-state index is 0.210. The van der Waals surface area contributed by atoms with Gasteiger partial charge in [0.1, 0.15) is 5.75 Å². The Morgan fingerprint density at radius 3 is 2.73 bits per heavy atom. The average molecular weight is 342 g/mol. The molecule has 0 spiro atoms. The molecule has 0 saturated carbocycles. The summed E-state index contributed by atoms with van der Waals surface area (Å²) in [6.07, 6.45) is 3.30. The zero-order valence-corrected chi connectivity index (χ0v) is 14.2. The van der Waals surface area contributed by atoms with Gasteiger partial charge in [0.15, 0.2) is 5.65 Å². The normalized spacial score (nSPS) is 14.7. The molecule has 3 heterocycles. The molecule has 5 nitrogen and oxygen atoms in total. The van der Waals surface area contributed by atoms with Crippen molar-refractivity contribution in [3.63, 3.8) is 0 Å². The number of rotatable bonds is 2. The number of benzene rings is 2. The van der Waals surface area contributed by atoms with Gasteiger partial charge in [0.05, 0.1) is 5.69 Å². The van der Waals surface area contributed by atoms with Crippen LogP contribution in [0.3, 0.4) is 0 Å². The number of nitrogens with one attached hydrogen (secondary N) is 2. The maximum absolute atomic E-state index is 10.1. The van der Waals surface area contributed by atoms with Gasteiger partial charge in [-0.05, 0) is 54.4 Å². The third-order valence-corrected chi connectivity index (χ3v) is 4.97. The molecule has 2 aromatic carbocycles. The standard InChI is InChI=1S/C21H18N4O/c26-20-4-2-1-3-15(20)19-12-17-16-11-14(13-7-9-22-10-8-13)5-6-18(16)23-21(17)25-24-19/h1-7,11-12,22,26H,8-10H2,(H,23,25). The van der Waals surface area contributed by atoms with Crippen LogP contribution in [0.25, 0.3) is 38.8 Å². The van der Waals surface area contributed by atoms with Crippen LogP contribution in [0.15, 0.2) is 54.6 Å². The molecule has 0 unspecified atom stereocenters. The Labute approximate surface area is 150 Å². The molecule has 2 aromatic heterocycles. The molecule has 0 aliphatic carbocycles. The quantitative estimate of drug-likeness (QED) is 0.517. The first-order valence-corrected chi connectivity index (χ1v) is 8.77. The molecule has 5 heteroatoms. The highest BCUT2D eigenvalue weighted by molar-refractivity contribution is 6.07. The van der Waals surface area contributed by atoms with Gasteiger partial charge in [0.25, 0.3) is 0 Å². The lowest BCUT2D eigenvalue weighted by atomic mass is 9.98. The van der Waals surface area contributed by atoms with Crippen LogP contribution in [-0.4, -0.2) is 33.4 Å². The zero-order chi connectivity index (χ0) is 17.5. The predicted octanol–water partition coefficient (Wildman–Crippen LogP) is 3.86. The Morgan fingerprint density at radius 2 is 1.88 bits per heavy atom. The Balaban J connectivity index is 1.70. The van der Waals surface area contributed by atoms with E-state index in [2.05, 4.69) is 44.8 Å². The highest BCUT2D eigenvalue weighted by Gasteiger charge is 2.13. The molecule has 26 heavy (non-hydrogen) atoms. The van der Waals surface area contributed by atoms with E-state index < -0.39 is 0 Å². The van der Waals surface area contributed by atoms with Gasteiger partial charge in [-0.1, -0.05) is 24.3 Å². The summed E-state index contributed by atoms with van der Waals surface area (Å²) in [5, 5.41) is 24.2. The fourth-order valence-corrected chi connectivity index (χ4v) is 3.60. The number of phenolic OH excluding ortho intramolecular Hbond substituents is 1. The van der Waals surface area contributed by atoms with Gasteiger partial charge in [-0.15, -0.1) is 10.2 Å². The highest BCUT2D eigenvalue weighted by Crippen LogP contribution is 2.32. The van der Waals surface area contributed by atoms with E-state index in [1.807, 2.05) is 18.2 Å². The number of aromatic hydroxyl groups is 1. The van der Waals surface area contributed by atoms with E-state index in [1.54, 1.807) is 12.1 Å². The molecule has 0 saturated heterocycles. The number of aromatic amines is 1. The number of phenols is 1. The molecule has 1 aliphatic rings. The number of hydrogen-bond acceptors (Lipinski definition) is 4. The van der Waals surface area contributed by atoms with Crippen molar-refractivity contribution in [2.75, 3.05) is 13.1 Å². The molecule has 4 aromatic rings. The van der Waals surface area contributed by atoms with Crippen LogP contribution in [0.4, 0.5) is 0 Å². The lowest BCUT2D eigenvalue weighted by Gasteiger charge is -2.14. The third kappa shape index (κ3) is 2.45. The van der Waals surface area contributed by atoms with Gasteiger partial charge in [-0.2, -0.15) is 0 Å². The third-order valence-electron chi connectivity index (χ3n) is 4.97. The van der Waals surface area contributed by atoms with Gasteiger partial charge < -0.3 is 15.4 Å². The Kier molecular flexibility index (Phi) is 3.47. The fraction of sp³-hybridized carbons (Fsp3) is 0.143. The van der Waals surface area contributed by atoms with Crippen molar-refractivity contribution in [3.05, 3.63) is 60.2 Å². The fourth-order valence-electron chi connectivity index (χ4n) is 3.60. The second-order valence-corrected chi connectivity index (χ2v) is 6.58. The van der Waals surface area contributed by atoms with Crippen LogP contribution >= 0.6 is 0 Å². The van der Waals surface area contributed by atoms with Gasteiger partial charge in [0.2, 0.25) is 0 Å². The molecule has 0 bridgehead atoms. The van der Waals surface area contributed by atoms with Gasteiger partial charge in [0, 0.05) is 28.4 Å². The van der Waals surface area contributed by atoms with Crippen LogP contribution in [0.2, 0.25) is 0 Å². The van der Waals surface area contributed by atoms with Crippen molar-refractivity contribution >= 4 is 27.5 Å². The smallest absolute Gasteiger partial charge is 0.161 e. The summed E-state index contributed by atoms with van der Waals surface area (Å²) in [5.74, 6) is 0.210. The van der Waals surface area contributed by atoms with Crippen molar-refractivity contribution in [2.45, 2.75) is 6.42 Å². The SMILES string of the molecule is Oc1ccccc1-c1cc2c(nn1)[nH]c1ccc(C3=CCNCC3)cc12. The summed E-state index contributed by atoms with van der Waals surface area (Å²) < 4.78 is 0. The predicted molar refractivity (Wildman–Crippen MR) is 104 cm³/mol. The molecule has 128 valence electrons. The van der Waals surface area contributed by atoms with E-state index in [0.29, 0.717) is 11.3 Å².